The summed E-state index contributed by atoms with van der Waals surface area (Å²) in [7, 11) is 0. The first-order chi connectivity index (χ1) is 33.2. The second-order valence-corrected chi connectivity index (χ2v) is 17.5. The number of rotatable bonds is 7. The van der Waals surface area contributed by atoms with Gasteiger partial charge in [-0.05, 0) is 113 Å². The molecule has 0 atom stereocenters. The lowest BCUT2D eigenvalue weighted by Crippen LogP contribution is -2.25. The van der Waals surface area contributed by atoms with Crippen LogP contribution in [0, 0.1) is 0 Å². The summed E-state index contributed by atoms with van der Waals surface area (Å²) in [5.74, 6) is 1.85. The standard InChI is InChI=1S/C64H41N3/c1-4-18-42(19-5-1)47-24-16-25-48(38-47)62-65-61(66-63(67-62)51-40-49(43-20-6-2-7-21-43)39-50(41-51)44-22-8-3-9-23-44)46-36-34-45(35-37-46)52-29-17-33-59-60(52)55-28-12-15-32-58(55)64(59)56-30-13-10-26-53(56)54-27-11-14-31-57(54)64/h1-41H. The van der Waals surface area contributed by atoms with E-state index in [4.69, 9.17) is 15.0 Å². The van der Waals surface area contributed by atoms with Gasteiger partial charge in [0.2, 0.25) is 0 Å². The molecule has 2 aliphatic carbocycles. The molecule has 0 bridgehead atoms. The van der Waals surface area contributed by atoms with Crippen LogP contribution in [0.15, 0.2) is 249 Å². The van der Waals surface area contributed by atoms with Crippen molar-refractivity contribution in [2.75, 3.05) is 0 Å². The van der Waals surface area contributed by atoms with Gasteiger partial charge in [0.25, 0.3) is 0 Å². The first-order valence-corrected chi connectivity index (χ1v) is 22.9. The van der Waals surface area contributed by atoms with Crippen molar-refractivity contribution in [1.82, 2.24) is 15.0 Å². The van der Waals surface area contributed by atoms with Crippen LogP contribution < -0.4 is 0 Å². The Hall–Kier alpha value is -8.79. The third kappa shape index (κ3) is 6.31. The van der Waals surface area contributed by atoms with Crippen LogP contribution in [0.3, 0.4) is 0 Å². The van der Waals surface area contributed by atoms with E-state index >= 15 is 0 Å². The van der Waals surface area contributed by atoms with E-state index in [1.807, 2.05) is 6.07 Å². The van der Waals surface area contributed by atoms with Crippen LogP contribution in [0.25, 0.3) is 101 Å². The zero-order chi connectivity index (χ0) is 44.3. The summed E-state index contributed by atoms with van der Waals surface area (Å²) in [6.45, 7) is 0. The minimum Gasteiger partial charge on any atom is -0.208 e. The summed E-state index contributed by atoms with van der Waals surface area (Å²) in [6, 6.07) is 89.3. The van der Waals surface area contributed by atoms with Gasteiger partial charge in [0, 0.05) is 16.7 Å². The summed E-state index contributed by atoms with van der Waals surface area (Å²) >= 11 is 0. The van der Waals surface area contributed by atoms with E-state index in [0.29, 0.717) is 17.5 Å². The Labute approximate surface area is 390 Å². The fraction of sp³-hybridized carbons (Fsp3) is 0.0156. The predicted molar refractivity (Wildman–Crippen MR) is 274 cm³/mol. The zero-order valence-corrected chi connectivity index (χ0v) is 36.5. The van der Waals surface area contributed by atoms with Gasteiger partial charge in [-0.15, -0.1) is 0 Å². The Morgan fingerprint density at radius 1 is 0.209 bits per heavy atom. The molecule has 0 saturated heterocycles. The van der Waals surface area contributed by atoms with Gasteiger partial charge >= 0.3 is 0 Å². The highest BCUT2D eigenvalue weighted by Crippen LogP contribution is 2.64. The summed E-state index contributed by atoms with van der Waals surface area (Å²) < 4.78 is 0. The van der Waals surface area contributed by atoms with Crippen LogP contribution in [0.5, 0.6) is 0 Å². The normalized spacial score (nSPS) is 12.6. The van der Waals surface area contributed by atoms with Gasteiger partial charge < -0.3 is 0 Å². The molecule has 312 valence electrons. The SMILES string of the molecule is c1ccc(-c2cccc(-c3nc(-c4ccc(-c5cccc6c5-c5ccccc5C65c6ccccc6-c6ccccc65)cc4)nc(-c4cc(-c5ccccc5)cc(-c5ccccc5)c4)n3)c2)cc1. The molecule has 2 aliphatic rings. The van der Waals surface area contributed by atoms with Crippen molar-refractivity contribution in [1.29, 1.82) is 0 Å². The molecular formula is C64H41N3. The summed E-state index contributed by atoms with van der Waals surface area (Å²) in [6.07, 6.45) is 0. The monoisotopic (exact) mass is 851 g/mol. The molecule has 0 fully saturated rings. The lowest BCUT2D eigenvalue weighted by Gasteiger charge is -2.30. The van der Waals surface area contributed by atoms with E-state index in [1.54, 1.807) is 0 Å². The van der Waals surface area contributed by atoms with Crippen molar-refractivity contribution in [3.05, 3.63) is 271 Å². The second-order valence-electron chi connectivity index (χ2n) is 17.5. The lowest BCUT2D eigenvalue weighted by atomic mass is 9.70. The molecule has 0 radical (unpaired) electrons. The highest BCUT2D eigenvalue weighted by atomic mass is 15.0. The number of nitrogens with zero attached hydrogens (tertiary/aromatic N) is 3. The molecule has 1 spiro atoms. The van der Waals surface area contributed by atoms with Crippen molar-refractivity contribution in [2.45, 2.75) is 5.41 Å². The Kier molecular flexibility index (Phi) is 9.07. The molecule has 3 heteroatoms. The summed E-state index contributed by atoms with van der Waals surface area (Å²) in [4.78, 5) is 15.8. The first kappa shape index (κ1) is 38.6. The Balaban J connectivity index is 0.967. The molecule has 3 nitrogen and oxygen atoms in total. The maximum atomic E-state index is 5.31. The average Bonchev–Trinajstić information content (AvgIpc) is 3.89. The molecule has 0 amide bonds. The number of hydrogen-bond acceptors (Lipinski definition) is 3. The fourth-order valence-electron chi connectivity index (χ4n) is 10.8. The first-order valence-electron chi connectivity index (χ1n) is 22.9. The fourth-order valence-corrected chi connectivity index (χ4v) is 10.8. The van der Waals surface area contributed by atoms with Gasteiger partial charge in [-0.1, -0.05) is 224 Å². The predicted octanol–water partition coefficient (Wildman–Crippen LogP) is 15.9. The molecule has 11 aromatic rings. The van der Waals surface area contributed by atoms with Crippen LogP contribution >= 0.6 is 0 Å². The Bertz CT molecular complexity index is 3570. The lowest BCUT2D eigenvalue weighted by molar-refractivity contribution is 0.794. The van der Waals surface area contributed by atoms with Crippen molar-refractivity contribution in [2.24, 2.45) is 0 Å². The van der Waals surface area contributed by atoms with Crippen LogP contribution in [-0.4, -0.2) is 15.0 Å². The second kappa shape index (κ2) is 15.7. The minimum atomic E-state index is -0.400. The molecule has 1 aromatic heterocycles. The van der Waals surface area contributed by atoms with Crippen molar-refractivity contribution < 1.29 is 0 Å². The number of aromatic nitrogens is 3. The van der Waals surface area contributed by atoms with Crippen LogP contribution in [0.2, 0.25) is 0 Å². The Morgan fingerprint density at radius 2 is 0.567 bits per heavy atom. The molecule has 0 unspecified atom stereocenters. The molecule has 0 N–H and O–H groups in total. The summed E-state index contributed by atoms with van der Waals surface area (Å²) in [5.41, 5.74) is 21.9. The molecular weight excluding hydrogens is 811 g/mol. The summed E-state index contributed by atoms with van der Waals surface area (Å²) in [5, 5.41) is 0. The molecule has 0 aliphatic heterocycles. The smallest absolute Gasteiger partial charge is 0.164 e. The largest absolute Gasteiger partial charge is 0.208 e. The molecule has 10 aromatic carbocycles. The van der Waals surface area contributed by atoms with E-state index in [1.165, 1.54) is 50.1 Å². The number of hydrogen-bond donors (Lipinski definition) is 0. The number of benzene rings is 10. The zero-order valence-electron chi connectivity index (χ0n) is 36.5. The number of fused-ring (bicyclic) bond motifs is 10. The van der Waals surface area contributed by atoms with Gasteiger partial charge in [0.1, 0.15) is 0 Å². The van der Waals surface area contributed by atoms with E-state index in [0.717, 1.165) is 55.6 Å². The molecule has 0 saturated carbocycles. The third-order valence-electron chi connectivity index (χ3n) is 13.7. The van der Waals surface area contributed by atoms with Crippen LogP contribution in [0.4, 0.5) is 0 Å². The maximum Gasteiger partial charge on any atom is 0.164 e. The van der Waals surface area contributed by atoms with Gasteiger partial charge in [0.05, 0.1) is 5.41 Å². The van der Waals surface area contributed by atoms with Gasteiger partial charge in [0.15, 0.2) is 17.5 Å². The third-order valence-corrected chi connectivity index (χ3v) is 13.7. The maximum absolute atomic E-state index is 5.31. The minimum absolute atomic E-state index is 0.400. The Morgan fingerprint density at radius 3 is 1.15 bits per heavy atom. The van der Waals surface area contributed by atoms with Crippen molar-refractivity contribution in [3.63, 3.8) is 0 Å². The highest BCUT2D eigenvalue weighted by Gasteiger charge is 2.51. The molecule has 1 heterocycles. The van der Waals surface area contributed by atoms with Gasteiger partial charge in [-0.25, -0.2) is 15.0 Å². The topological polar surface area (TPSA) is 38.7 Å². The quantitative estimate of drug-likeness (QED) is 0.160. The van der Waals surface area contributed by atoms with Gasteiger partial charge in [-0.2, -0.15) is 0 Å². The van der Waals surface area contributed by atoms with E-state index < -0.39 is 5.41 Å². The van der Waals surface area contributed by atoms with Crippen molar-refractivity contribution in [3.8, 4) is 101 Å². The van der Waals surface area contributed by atoms with E-state index in [2.05, 4.69) is 243 Å². The van der Waals surface area contributed by atoms with E-state index in [-0.39, 0.29) is 0 Å². The van der Waals surface area contributed by atoms with E-state index in [9.17, 15) is 0 Å². The van der Waals surface area contributed by atoms with Crippen molar-refractivity contribution >= 4 is 0 Å². The molecule has 13 rings (SSSR count). The van der Waals surface area contributed by atoms with Crippen LogP contribution in [-0.2, 0) is 5.41 Å². The molecule has 67 heavy (non-hydrogen) atoms. The average molecular weight is 852 g/mol. The van der Waals surface area contributed by atoms with Gasteiger partial charge in [-0.3, -0.25) is 0 Å². The highest BCUT2D eigenvalue weighted by molar-refractivity contribution is 6.00. The van der Waals surface area contributed by atoms with Crippen LogP contribution in [0.1, 0.15) is 22.3 Å².